The van der Waals surface area contributed by atoms with Crippen LogP contribution in [0.4, 0.5) is 4.79 Å². The molecule has 0 bridgehead atoms. The summed E-state index contributed by atoms with van der Waals surface area (Å²) >= 11 is 5.18. The molecule has 0 saturated heterocycles. The van der Waals surface area contributed by atoms with Crippen LogP contribution in [0, 0.1) is 22.7 Å². The predicted molar refractivity (Wildman–Crippen MR) is 43.3 cm³/mol. The van der Waals surface area contributed by atoms with Gasteiger partial charge in [0.2, 0.25) is 0 Å². The molecule has 0 unspecified atom stereocenters. The lowest BCUT2D eigenvalue weighted by Crippen LogP contribution is -2.28. The highest BCUT2D eigenvalue weighted by molar-refractivity contribution is 6.62. The lowest BCUT2D eigenvalue weighted by molar-refractivity contribution is 0.224. The number of nitriles is 2. The van der Waals surface area contributed by atoms with Crippen LogP contribution in [-0.4, -0.2) is 23.4 Å². The molecule has 0 fully saturated rings. The van der Waals surface area contributed by atoms with E-state index in [9.17, 15) is 4.79 Å². The van der Waals surface area contributed by atoms with Crippen molar-refractivity contribution < 1.29 is 4.79 Å². The van der Waals surface area contributed by atoms with Gasteiger partial charge in [0.25, 0.3) is 0 Å². The smallest absolute Gasteiger partial charge is 0.316 e. The Morgan fingerprint density at radius 2 is 1.67 bits per heavy atom. The van der Waals surface area contributed by atoms with Crippen LogP contribution in [0.15, 0.2) is 0 Å². The molecule has 0 heterocycles. The summed E-state index contributed by atoms with van der Waals surface area (Å²) in [7, 11) is 0. The van der Waals surface area contributed by atoms with Gasteiger partial charge in [-0.2, -0.15) is 10.5 Å². The molecule has 12 heavy (non-hydrogen) atoms. The minimum Gasteiger partial charge on any atom is -0.327 e. The van der Waals surface area contributed by atoms with Crippen molar-refractivity contribution in [3.8, 4) is 12.1 Å². The summed E-state index contributed by atoms with van der Waals surface area (Å²) in [4.78, 5) is 11.9. The SMILES string of the molecule is N#CCCN(CCC#N)C(=O)Cl. The molecule has 0 N–H and O–H groups in total. The second-order valence-electron chi connectivity index (χ2n) is 2.06. The van der Waals surface area contributed by atoms with E-state index >= 15 is 0 Å². The molecule has 0 aliphatic heterocycles. The largest absolute Gasteiger partial charge is 0.327 e. The first-order valence-electron chi connectivity index (χ1n) is 3.40. The third-order valence-corrected chi connectivity index (χ3v) is 1.47. The Labute approximate surface area is 75.9 Å². The fraction of sp³-hybridized carbons (Fsp3) is 0.571. The van der Waals surface area contributed by atoms with Gasteiger partial charge in [0.15, 0.2) is 0 Å². The summed E-state index contributed by atoms with van der Waals surface area (Å²) in [5.41, 5.74) is 0. The molecule has 0 atom stereocenters. The molecule has 0 aromatic carbocycles. The van der Waals surface area contributed by atoms with Gasteiger partial charge in [0, 0.05) is 13.1 Å². The van der Waals surface area contributed by atoms with Crippen LogP contribution in [0.5, 0.6) is 0 Å². The normalized spacial score (nSPS) is 8.25. The number of rotatable bonds is 4. The quantitative estimate of drug-likeness (QED) is 0.492. The topological polar surface area (TPSA) is 67.9 Å². The van der Waals surface area contributed by atoms with Gasteiger partial charge in [-0.3, -0.25) is 4.79 Å². The number of nitrogens with zero attached hydrogens (tertiary/aromatic N) is 3. The summed E-state index contributed by atoms with van der Waals surface area (Å²) in [6.45, 7) is 0.584. The van der Waals surface area contributed by atoms with Crippen molar-refractivity contribution in [1.29, 1.82) is 10.5 Å². The molecule has 0 spiro atoms. The first kappa shape index (κ1) is 10.7. The van der Waals surface area contributed by atoms with E-state index in [0.29, 0.717) is 13.1 Å². The molecule has 0 saturated carbocycles. The molecule has 0 rings (SSSR count). The number of carbonyl (C=O) groups is 1. The van der Waals surface area contributed by atoms with Gasteiger partial charge in [0.1, 0.15) is 0 Å². The third kappa shape index (κ3) is 4.54. The molecule has 0 aromatic heterocycles. The molecule has 4 nitrogen and oxygen atoms in total. The minimum absolute atomic E-state index is 0.240. The zero-order chi connectivity index (χ0) is 9.40. The highest BCUT2D eigenvalue weighted by Crippen LogP contribution is 1.99. The van der Waals surface area contributed by atoms with Crippen LogP contribution < -0.4 is 0 Å². The standard InChI is InChI=1S/C7H8ClN3O/c8-7(12)11(5-1-3-9)6-2-4-10/h1-2,5-6H2. The van der Waals surface area contributed by atoms with Crippen LogP contribution in [0.3, 0.4) is 0 Å². The summed E-state index contributed by atoms with van der Waals surface area (Å²) in [6.07, 6.45) is 0.480. The van der Waals surface area contributed by atoms with E-state index in [1.165, 1.54) is 4.90 Å². The maximum atomic E-state index is 10.6. The Morgan fingerprint density at radius 3 is 1.92 bits per heavy atom. The summed E-state index contributed by atoms with van der Waals surface area (Å²) in [5, 5.41) is 15.8. The van der Waals surface area contributed by atoms with E-state index in [-0.39, 0.29) is 12.8 Å². The average Bonchev–Trinajstić information content (AvgIpc) is 2.04. The number of hydrogen-bond acceptors (Lipinski definition) is 3. The van der Waals surface area contributed by atoms with Crippen molar-refractivity contribution >= 4 is 17.0 Å². The average molecular weight is 186 g/mol. The van der Waals surface area contributed by atoms with Gasteiger partial charge in [-0.05, 0) is 11.6 Å². The van der Waals surface area contributed by atoms with Crippen molar-refractivity contribution in [2.75, 3.05) is 13.1 Å². The van der Waals surface area contributed by atoms with Gasteiger partial charge >= 0.3 is 5.37 Å². The van der Waals surface area contributed by atoms with E-state index in [2.05, 4.69) is 0 Å². The number of amides is 1. The summed E-state index contributed by atoms with van der Waals surface area (Å²) in [6, 6.07) is 3.79. The lowest BCUT2D eigenvalue weighted by atomic mass is 10.4. The van der Waals surface area contributed by atoms with Crippen molar-refractivity contribution in [1.82, 2.24) is 4.90 Å². The molecule has 0 aromatic rings. The molecule has 0 aliphatic carbocycles. The van der Waals surface area contributed by atoms with Crippen LogP contribution in [-0.2, 0) is 0 Å². The van der Waals surface area contributed by atoms with E-state index in [1.54, 1.807) is 0 Å². The van der Waals surface area contributed by atoms with Gasteiger partial charge in [0.05, 0.1) is 25.0 Å². The molecule has 1 amide bonds. The highest BCUT2D eigenvalue weighted by atomic mass is 35.5. The van der Waals surface area contributed by atoms with Crippen molar-refractivity contribution in [3.63, 3.8) is 0 Å². The molecule has 64 valence electrons. The maximum absolute atomic E-state index is 10.6. The first-order chi connectivity index (χ1) is 5.72. The zero-order valence-corrected chi connectivity index (χ0v) is 7.21. The Balaban J connectivity index is 3.82. The monoisotopic (exact) mass is 185 g/mol. The van der Waals surface area contributed by atoms with Crippen LogP contribution in [0.2, 0.25) is 0 Å². The predicted octanol–water partition coefficient (Wildman–Crippen LogP) is 1.47. The molecule has 5 heteroatoms. The minimum atomic E-state index is -0.611. The lowest BCUT2D eigenvalue weighted by Gasteiger charge is -2.15. The Morgan fingerprint density at radius 1 is 1.25 bits per heavy atom. The Kier molecular flexibility index (Phi) is 5.77. The van der Waals surface area contributed by atoms with Gasteiger partial charge in [-0.15, -0.1) is 0 Å². The summed E-state index contributed by atoms with van der Waals surface area (Å²) < 4.78 is 0. The second kappa shape index (κ2) is 6.45. The van der Waals surface area contributed by atoms with Crippen molar-refractivity contribution in [3.05, 3.63) is 0 Å². The molecular weight excluding hydrogens is 178 g/mol. The van der Waals surface area contributed by atoms with Gasteiger partial charge < -0.3 is 4.90 Å². The Hall–Kier alpha value is -1.26. The Bertz CT molecular complexity index is 210. The van der Waals surface area contributed by atoms with E-state index < -0.39 is 5.37 Å². The number of halogens is 1. The molecular formula is C7H8ClN3O. The number of carbonyl (C=O) groups excluding carboxylic acids is 1. The molecule has 0 aliphatic rings. The van der Waals surface area contributed by atoms with Crippen LogP contribution >= 0.6 is 11.6 Å². The second-order valence-corrected chi connectivity index (χ2v) is 2.38. The van der Waals surface area contributed by atoms with Crippen LogP contribution in [0.25, 0.3) is 0 Å². The van der Waals surface area contributed by atoms with E-state index in [4.69, 9.17) is 22.1 Å². The van der Waals surface area contributed by atoms with E-state index in [1.807, 2.05) is 12.1 Å². The van der Waals surface area contributed by atoms with Gasteiger partial charge in [-0.1, -0.05) is 0 Å². The zero-order valence-electron chi connectivity index (χ0n) is 6.46. The van der Waals surface area contributed by atoms with Crippen LogP contribution in [0.1, 0.15) is 12.8 Å². The first-order valence-corrected chi connectivity index (χ1v) is 3.78. The fourth-order valence-electron chi connectivity index (χ4n) is 0.658. The number of hydrogen-bond donors (Lipinski definition) is 0. The van der Waals surface area contributed by atoms with Crippen molar-refractivity contribution in [2.24, 2.45) is 0 Å². The van der Waals surface area contributed by atoms with E-state index in [0.717, 1.165) is 0 Å². The third-order valence-electron chi connectivity index (χ3n) is 1.24. The van der Waals surface area contributed by atoms with Crippen molar-refractivity contribution in [2.45, 2.75) is 12.8 Å². The summed E-state index contributed by atoms with van der Waals surface area (Å²) in [5.74, 6) is 0. The highest BCUT2D eigenvalue weighted by Gasteiger charge is 2.08. The fourth-order valence-corrected chi connectivity index (χ4v) is 0.827. The maximum Gasteiger partial charge on any atom is 0.316 e. The molecule has 0 radical (unpaired) electrons. The van der Waals surface area contributed by atoms with Gasteiger partial charge in [-0.25, -0.2) is 0 Å².